The molecule has 2 aromatic carbocycles. The van der Waals surface area contributed by atoms with Crippen molar-refractivity contribution in [3.63, 3.8) is 0 Å². The van der Waals surface area contributed by atoms with Crippen LogP contribution in [0.4, 0.5) is 11.4 Å². The molecule has 0 atom stereocenters. The molecule has 0 bridgehead atoms. The Morgan fingerprint density at radius 3 is 2.64 bits per heavy atom. The Morgan fingerprint density at radius 1 is 1.18 bits per heavy atom. The van der Waals surface area contributed by atoms with Crippen LogP contribution in [0.1, 0.15) is 10.4 Å². The van der Waals surface area contributed by atoms with Crippen LogP contribution in [0.5, 0.6) is 5.88 Å². The monoisotopic (exact) mass is 443 g/mol. The number of aryl methyl sites for hydroxylation is 1. The highest BCUT2D eigenvalue weighted by Gasteiger charge is 2.17. The summed E-state index contributed by atoms with van der Waals surface area (Å²) in [6.07, 6.45) is 0. The van der Waals surface area contributed by atoms with E-state index in [-0.39, 0.29) is 22.8 Å². The number of aromatic nitrogens is 1. The molecule has 142 valence electrons. The van der Waals surface area contributed by atoms with Crippen LogP contribution in [-0.2, 0) is 16.6 Å². The van der Waals surface area contributed by atoms with E-state index in [2.05, 4.69) is 31.5 Å². The number of nitrogens with zero attached hydrogens (tertiary/aromatic N) is 3. The van der Waals surface area contributed by atoms with E-state index in [1.807, 2.05) is 0 Å². The number of anilines is 1. The molecule has 0 aliphatic heterocycles. The number of aromatic hydroxyl groups is 1. The maximum Gasteiger partial charge on any atom is 0.353 e. The molecular formula is C18H12BrN4O5-. The van der Waals surface area contributed by atoms with Gasteiger partial charge in [0.2, 0.25) is 5.88 Å². The van der Waals surface area contributed by atoms with Gasteiger partial charge in [-0.05, 0) is 35.9 Å². The first-order chi connectivity index (χ1) is 13.3. The third kappa shape index (κ3) is 3.76. The molecule has 1 heterocycles. The molecule has 0 spiro atoms. The van der Waals surface area contributed by atoms with Gasteiger partial charge in [0, 0.05) is 22.6 Å². The lowest BCUT2D eigenvalue weighted by Gasteiger charge is -2.06. The van der Waals surface area contributed by atoms with Crippen LogP contribution in [-0.4, -0.2) is 27.5 Å². The van der Waals surface area contributed by atoms with Crippen LogP contribution in [0.15, 0.2) is 57.2 Å². The van der Waals surface area contributed by atoms with Crippen LogP contribution in [0, 0.1) is 0 Å². The molecule has 0 saturated heterocycles. The van der Waals surface area contributed by atoms with Gasteiger partial charge >= 0.3 is 11.8 Å². The molecule has 0 saturated carbocycles. The summed E-state index contributed by atoms with van der Waals surface area (Å²) < 4.78 is 2.20. The number of carbonyl (C=O) groups excluding carboxylic acids is 3. The number of hydrogen-bond acceptors (Lipinski definition) is 6. The van der Waals surface area contributed by atoms with Crippen molar-refractivity contribution in [2.24, 2.45) is 17.3 Å². The maximum atomic E-state index is 12.0. The molecule has 3 rings (SSSR count). The predicted molar refractivity (Wildman–Crippen MR) is 101 cm³/mol. The average molecular weight is 444 g/mol. The number of benzene rings is 2. The Morgan fingerprint density at radius 2 is 1.93 bits per heavy atom. The van der Waals surface area contributed by atoms with Crippen molar-refractivity contribution in [3.8, 4) is 5.88 Å². The Hall–Kier alpha value is -3.53. The largest absolute Gasteiger partial charge is 0.545 e. The molecule has 28 heavy (non-hydrogen) atoms. The second kappa shape index (κ2) is 7.61. The molecule has 2 amide bonds. The number of nitrogens with one attached hydrogen (secondary N) is 1. The summed E-state index contributed by atoms with van der Waals surface area (Å²) in [5.74, 6) is -3.96. The number of halogens is 1. The van der Waals surface area contributed by atoms with E-state index >= 15 is 0 Å². The summed E-state index contributed by atoms with van der Waals surface area (Å²) in [6, 6.07) is 10.4. The highest BCUT2D eigenvalue weighted by molar-refractivity contribution is 9.10. The summed E-state index contributed by atoms with van der Waals surface area (Å²) in [4.78, 5) is 34.8. The first kappa shape index (κ1) is 19.2. The van der Waals surface area contributed by atoms with Crippen molar-refractivity contribution in [2.75, 3.05) is 5.32 Å². The fraction of sp³-hybridized carbons (Fsp3) is 0.0556. The van der Waals surface area contributed by atoms with E-state index in [0.717, 1.165) is 10.5 Å². The molecular weight excluding hydrogens is 432 g/mol. The number of carboxylic acid groups (broad SMARTS) is 1. The van der Waals surface area contributed by atoms with Crippen molar-refractivity contribution in [1.82, 2.24) is 4.57 Å². The SMILES string of the molecule is Cn1c(O)c(N=NC(=O)C(=O)Nc2cccc(C(=O)[O-])c2)c2cc(Br)ccc21. The second-order valence-corrected chi connectivity index (χ2v) is 6.64. The van der Waals surface area contributed by atoms with Gasteiger partial charge < -0.3 is 24.9 Å². The molecule has 9 nitrogen and oxygen atoms in total. The topological polar surface area (TPSA) is 136 Å². The zero-order valence-corrected chi connectivity index (χ0v) is 15.9. The molecule has 0 aliphatic rings. The molecule has 0 aliphatic carbocycles. The molecule has 0 radical (unpaired) electrons. The van der Waals surface area contributed by atoms with Crippen molar-refractivity contribution in [3.05, 3.63) is 52.5 Å². The van der Waals surface area contributed by atoms with Gasteiger partial charge in [-0.15, -0.1) is 10.2 Å². The number of carboxylic acids is 1. The quantitative estimate of drug-likeness (QED) is 0.472. The second-order valence-electron chi connectivity index (χ2n) is 5.72. The normalized spacial score (nSPS) is 11.1. The van der Waals surface area contributed by atoms with Crippen LogP contribution < -0.4 is 10.4 Å². The van der Waals surface area contributed by atoms with Gasteiger partial charge in [0.15, 0.2) is 5.69 Å². The van der Waals surface area contributed by atoms with Gasteiger partial charge in [-0.3, -0.25) is 9.59 Å². The third-order valence-electron chi connectivity index (χ3n) is 3.90. The fourth-order valence-corrected chi connectivity index (χ4v) is 2.89. The number of rotatable bonds is 3. The van der Waals surface area contributed by atoms with Crippen LogP contribution in [0.25, 0.3) is 10.9 Å². The summed E-state index contributed by atoms with van der Waals surface area (Å²) in [6.45, 7) is 0. The predicted octanol–water partition coefficient (Wildman–Crippen LogP) is 2.26. The molecule has 0 unspecified atom stereocenters. The van der Waals surface area contributed by atoms with Crippen molar-refractivity contribution >= 4 is 56.0 Å². The van der Waals surface area contributed by atoms with Crippen molar-refractivity contribution < 1.29 is 24.6 Å². The summed E-state index contributed by atoms with van der Waals surface area (Å²) in [7, 11) is 1.61. The van der Waals surface area contributed by atoms with Crippen molar-refractivity contribution in [2.45, 2.75) is 0 Å². The average Bonchev–Trinajstić information content (AvgIpc) is 2.89. The van der Waals surface area contributed by atoms with E-state index in [4.69, 9.17) is 0 Å². The lowest BCUT2D eigenvalue weighted by molar-refractivity contribution is -0.255. The lowest BCUT2D eigenvalue weighted by atomic mass is 10.2. The molecule has 0 fully saturated rings. The number of aromatic carboxylic acids is 1. The van der Waals surface area contributed by atoms with Crippen LogP contribution >= 0.6 is 15.9 Å². The number of hydrogen-bond donors (Lipinski definition) is 2. The number of fused-ring (bicyclic) bond motifs is 1. The smallest absolute Gasteiger partial charge is 0.353 e. The van der Waals surface area contributed by atoms with Gasteiger partial charge in [-0.25, -0.2) is 0 Å². The minimum absolute atomic E-state index is 0.0406. The summed E-state index contributed by atoms with van der Waals surface area (Å²) in [5, 5.41) is 30.9. The zero-order valence-electron chi connectivity index (χ0n) is 14.3. The van der Waals surface area contributed by atoms with Gasteiger partial charge in [-0.2, -0.15) is 0 Å². The molecule has 10 heteroatoms. The molecule has 1 aromatic heterocycles. The maximum absolute atomic E-state index is 12.0. The van der Waals surface area contributed by atoms with E-state index in [1.54, 1.807) is 25.2 Å². The van der Waals surface area contributed by atoms with E-state index < -0.39 is 17.8 Å². The van der Waals surface area contributed by atoms with Gasteiger partial charge in [-0.1, -0.05) is 28.1 Å². The third-order valence-corrected chi connectivity index (χ3v) is 4.39. The Bertz CT molecular complexity index is 1150. The standard InChI is InChI=1S/C18H13BrN4O5/c1-23-13-6-5-10(19)8-12(13)14(17(23)26)21-22-16(25)15(24)20-11-4-2-3-9(7-11)18(27)28/h2-8,26H,1H3,(H,20,24)(H,27,28)/p-1. The van der Waals surface area contributed by atoms with Gasteiger partial charge in [0.05, 0.1) is 11.5 Å². The highest BCUT2D eigenvalue weighted by atomic mass is 79.9. The van der Waals surface area contributed by atoms with Gasteiger partial charge in [0.1, 0.15) is 0 Å². The molecule has 2 N–H and O–H groups in total. The first-order valence-electron chi connectivity index (χ1n) is 7.83. The highest BCUT2D eigenvalue weighted by Crippen LogP contribution is 2.39. The lowest BCUT2D eigenvalue weighted by Crippen LogP contribution is -2.23. The Kier molecular flexibility index (Phi) is 5.23. The first-order valence-corrected chi connectivity index (χ1v) is 8.62. The van der Waals surface area contributed by atoms with E-state index in [0.29, 0.717) is 10.9 Å². The summed E-state index contributed by atoms with van der Waals surface area (Å²) >= 11 is 3.32. The number of amides is 2. The number of azo groups is 1. The minimum Gasteiger partial charge on any atom is -0.545 e. The van der Waals surface area contributed by atoms with Crippen LogP contribution in [0.2, 0.25) is 0 Å². The number of carbonyl (C=O) groups is 3. The van der Waals surface area contributed by atoms with E-state index in [9.17, 15) is 24.6 Å². The van der Waals surface area contributed by atoms with Crippen molar-refractivity contribution in [1.29, 1.82) is 0 Å². The minimum atomic E-state index is -1.42. The van der Waals surface area contributed by atoms with E-state index in [1.165, 1.54) is 22.8 Å². The Balaban J connectivity index is 1.82. The fourth-order valence-electron chi connectivity index (χ4n) is 2.53. The Labute approximate surface area is 166 Å². The zero-order chi connectivity index (χ0) is 20.4. The summed E-state index contributed by atoms with van der Waals surface area (Å²) in [5.41, 5.74) is 0.634. The van der Waals surface area contributed by atoms with Gasteiger partial charge in [0.25, 0.3) is 0 Å². The van der Waals surface area contributed by atoms with Crippen LogP contribution in [0.3, 0.4) is 0 Å². The molecule has 3 aromatic rings.